The predicted octanol–water partition coefficient (Wildman–Crippen LogP) is 5.58. The minimum absolute atomic E-state index is 0.421. The Labute approximate surface area is 135 Å². The molecule has 0 radical (unpaired) electrons. The molecule has 0 fully saturated rings. The highest BCUT2D eigenvalue weighted by Crippen LogP contribution is 2.34. The number of benzene rings is 2. The molecule has 0 aliphatic heterocycles. The first-order valence-electron chi connectivity index (χ1n) is 5.59. The first kappa shape index (κ1) is 15.2. The molecule has 1 nitrogen and oxygen atoms in total. The highest BCUT2D eigenvalue weighted by Gasteiger charge is 2.14. The van der Waals surface area contributed by atoms with Crippen LogP contribution in [0.1, 0.15) is 11.7 Å². The Bertz CT molecular complexity index is 577. The summed E-state index contributed by atoms with van der Waals surface area (Å²) in [6.07, 6.45) is -0.650. The van der Waals surface area contributed by atoms with Gasteiger partial charge in [-0.05, 0) is 34.1 Å². The van der Waals surface area contributed by atoms with Gasteiger partial charge < -0.3 is 5.11 Å². The monoisotopic (exact) mass is 376 g/mol. The zero-order valence-corrected chi connectivity index (χ0v) is 13.7. The molecule has 0 bridgehead atoms. The maximum Gasteiger partial charge on any atom is 0.0898 e. The predicted molar refractivity (Wildman–Crippen MR) is 86.3 cm³/mol. The van der Waals surface area contributed by atoms with E-state index in [1.165, 1.54) is 0 Å². The largest absolute Gasteiger partial charge is 0.387 e. The van der Waals surface area contributed by atoms with Crippen LogP contribution in [0.4, 0.5) is 0 Å². The van der Waals surface area contributed by atoms with Gasteiger partial charge in [-0.1, -0.05) is 47.5 Å². The van der Waals surface area contributed by atoms with E-state index in [0.29, 0.717) is 21.4 Å². The van der Waals surface area contributed by atoms with Gasteiger partial charge >= 0.3 is 0 Å². The van der Waals surface area contributed by atoms with Crippen molar-refractivity contribution in [2.24, 2.45) is 0 Å². The highest BCUT2D eigenvalue weighted by molar-refractivity contribution is 9.10. The molecule has 1 N–H and O–H groups in total. The molecule has 0 heterocycles. The van der Waals surface area contributed by atoms with Gasteiger partial charge in [-0.2, -0.15) is 0 Å². The number of rotatable bonds is 4. The van der Waals surface area contributed by atoms with Gasteiger partial charge in [-0.15, -0.1) is 11.8 Å². The molecule has 0 aliphatic rings. The van der Waals surface area contributed by atoms with E-state index in [2.05, 4.69) is 15.9 Å². The molecule has 0 amide bonds. The fourth-order valence-electron chi connectivity index (χ4n) is 1.60. The van der Waals surface area contributed by atoms with Gasteiger partial charge in [0.25, 0.3) is 0 Å². The first-order valence-corrected chi connectivity index (χ1v) is 8.12. The number of aliphatic hydroxyl groups is 1. The molecule has 1 unspecified atom stereocenters. The average Bonchev–Trinajstić information content (AvgIpc) is 2.40. The Kier molecular flexibility index (Phi) is 5.60. The molecule has 2 aromatic rings. The molecule has 0 aliphatic carbocycles. The molecule has 19 heavy (non-hydrogen) atoms. The van der Waals surface area contributed by atoms with Crippen molar-refractivity contribution in [3.8, 4) is 0 Å². The number of aliphatic hydroxyl groups excluding tert-OH is 1. The molecule has 0 aromatic heterocycles. The lowest BCUT2D eigenvalue weighted by Gasteiger charge is -2.13. The second kappa shape index (κ2) is 7.00. The van der Waals surface area contributed by atoms with E-state index < -0.39 is 6.10 Å². The van der Waals surface area contributed by atoms with Gasteiger partial charge in [0.15, 0.2) is 0 Å². The average molecular weight is 378 g/mol. The normalized spacial score (nSPS) is 12.4. The van der Waals surface area contributed by atoms with Crippen LogP contribution in [0.25, 0.3) is 0 Å². The second-order valence-corrected chi connectivity index (χ2v) is 6.60. The molecule has 100 valence electrons. The Morgan fingerprint density at radius 1 is 1.11 bits per heavy atom. The van der Waals surface area contributed by atoms with E-state index in [9.17, 15) is 5.11 Å². The third kappa shape index (κ3) is 3.89. The summed E-state index contributed by atoms with van der Waals surface area (Å²) in [6.45, 7) is 0. The molecule has 5 heteroatoms. The summed E-state index contributed by atoms with van der Waals surface area (Å²) in [5.74, 6) is 0.517. The van der Waals surface area contributed by atoms with Gasteiger partial charge in [-0.25, -0.2) is 0 Å². The minimum Gasteiger partial charge on any atom is -0.387 e. The van der Waals surface area contributed by atoms with Gasteiger partial charge in [0.1, 0.15) is 0 Å². The van der Waals surface area contributed by atoms with Gasteiger partial charge in [0.2, 0.25) is 0 Å². The summed E-state index contributed by atoms with van der Waals surface area (Å²) < 4.78 is 1.02. The van der Waals surface area contributed by atoms with Crippen molar-refractivity contribution in [3.63, 3.8) is 0 Å². The van der Waals surface area contributed by atoms with Crippen LogP contribution in [-0.4, -0.2) is 10.9 Å². The lowest BCUT2D eigenvalue weighted by molar-refractivity contribution is 0.204. The van der Waals surface area contributed by atoms with Crippen LogP contribution in [0.5, 0.6) is 0 Å². The third-order valence-electron chi connectivity index (χ3n) is 2.57. The topological polar surface area (TPSA) is 20.2 Å². The van der Waals surface area contributed by atoms with Crippen molar-refractivity contribution in [2.75, 3.05) is 5.75 Å². The van der Waals surface area contributed by atoms with Crippen molar-refractivity contribution < 1.29 is 5.11 Å². The fraction of sp³-hybridized carbons (Fsp3) is 0.143. The fourth-order valence-corrected chi connectivity index (χ4v) is 3.56. The number of halogens is 3. The summed E-state index contributed by atoms with van der Waals surface area (Å²) in [6, 6.07) is 13.2. The lowest BCUT2D eigenvalue weighted by Crippen LogP contribution is -2.01. The summed E-state index contributed by atoms with van der Waals surface area (Å²) >= 11 is 17.1. The third-order valence-corrected chi connectivity index (χ3v) is 5.51. The van der Waals surface area contributed by atoms with E-state index in [1.54, 1.807) is 30.0 Å². The number of hydrogen-bond acceptors (Lipinski definition) is 2. The van der Waals surface area contributed by atoms with E-state index in [1.807, 2.05) is 24.3 Å². The Morgan fingerprint density at radius 2 is 1.84 bits per heavy atom. The van der Waals surface area contributed by atoms with Crippen LogP contribution in [0.2, 0.25) is 10.0 Å². The second-order valence-electron chi connectivity index (χ2n) is 3.90. The maximum atomic E-state index is 10.2. The van der Waals surface area contributed by atoms with Gasteiger partial charge in [0.05, 0.1) is 16.1 Å². The molecule has 0 spiro atoms. The van der Waals surface area contributed by atoms with Gasteiger partial charge in [-0.3, -0.25) is 0 Å². The Balaban J connectivity index is 2.08. The molecule has 2 rings (SSSR count). The van der Waals surface area contributed by atoms with Crippen molar-refractivity contribution in [2.45, 2.75) is 11.0 Å². The van der Waals surface area contributed by atoms with E-state index in [0.717, 1.165) is 9.37 Å². The van der Waals surface area contributed by atoms with Crippen molar-refractivity contribution in [3.05, 3.63) is 62.5 Å². The quantitative estimate of drug-likeness (QED) is 0.701. The summed E-state index contributed by atoms with van der Waals surface area (Å²) in [5, 5.41) is 11.1. The Morgan fingerprint density at radius 3 is 2.58 bits per heavy atom. The molecule has 0 saturated carbocycles. The van der Waals surface area contributed by atoms with Crippen LogP contribution in [-0.2, 0) is 0 Å². The zero-order chi connectivity index (χ0) is 13.8. The molecular weight excluding hydrogens is 367 g/mol. The maximum absolute atomic E-state index is 10.2. The van der Waals surface area contributed by atoms with Crippen molar-refractivity contribution in [1.82, 2.24) is 0 Å². The van der Waals surface area contributed by atoms with Crippen molar-refractivity contribution in [1.29, 1.82) is 0 Å². The van der Waals surface area contributed by atoms with E-state index in [4.69, 9.17) is 23.2 Å². The molecule has 0 saturated heterocycles. The minimum atomic E-state index is -0.650. The number of hydrogen-bond donors (Lipinski definition) is 1. The van der Waals surface area contributed by atoms with Crippen LogP contribution >= 0.6 is 50.9 Å². The van der Waals surface area contributed by atoms with E-state index in [-0.39, 0.29) is 0 Å². The Hall–Kier alpha value is -0.190. The van der Waals surface area contributed by atoms with E-state index >= 15 is 0 Å². The smallest absolute Gasteiger partial charge is 0.0898 e. The summed E-state index contributed by atoms with van der Waals surface area (Å²) in [7, 11) is 0. The van der Waals surface area contributed by atoms with Crippen LogP contribution in [0, 0.1) is 0 Å². The summed E-state index contributed by atoms with van der Waals surface area (Å²) in [5.41, 5.74) is 0.661. The lowest BCUT2D eigenvalue weighted by atomic mass is 10.1. The van der Waals surface area contributed by atoms with Crippen LogP contribution in [0.15, 0.2) is 51.8 Å². The summed E-state index contributed by atoms with van der Waals surface area (Å²) in [4.78, 5) is 1.08. The first-order chi connectivity index (χ1) is 9.09. The highest BCUT2D eigenvalue weighted by atomic mass is 79.9. The molecule has 1 atom stereocenters. The van der Waals surface area contributed by atoms with Crippen molar-refractivity contribution >= 4 is 50.9 Å². The number of thioether (sulfide) groups is 1. The SMILES string of the molecule is OC(CSc1ccccc1Br)c1cccc(Cl)c1Cl. The molecular formula is C14H11BrCl2OS. The molecule has 2 aromatic carbocycles. The van der Waals surface area contributed by atoms with Gasteiger partial charge in [0, 0.05) is 20.7 Å². The zero-order valence-electron chi connectivity index (χ0n) is 9.82. The standard InChI is InChI=1S/C14H11BrCl2OS/c15-10-5-1-2-7-13(10)19-8-12(18)9-4-3-6-11(16)14(9)17/h1-7,12,18H,8H2. The van der Waals surface area contributed by atoms with Crippen LogP contribution < -0.4 is 0 Å². The van der Waals surface area contributed by atoms with Crippen LogP contribution in [0.3, 0.4) is 0 Å².